The van der Waals surface area contributed by atoms with E-state index in [9.17, 15) is 9.59 Å². The lowest BCUT2D eigenvalue weighted by Gasteiger charge is -2.25. The van der Waals surface area contributed by atoms with Crippen LogP contribution < -0.4 is 10.1 Å². The van der Waals surface area contributed by atoms with Crippen molar-refractivity contribution in [1.29, 1.82) is 0 Å². The molecule has 0 atom stereocenters. The number of anilines is 1. The van der Waals surface area contributed by atoms with E-state index in [-0.39, 0.29) is 17.6 Å². The summed E-state index contributed by atoms with van der Waals surface area (Å²) in [5.41, 5.74) is 1.38. The maximum Gasteiger partial charge on any atom is 0.254 e. The van der Waals surface area contributed by atoms with E-state index in [2.05, 4.69) is 5.32 Å². The summed E-state index contributed by atoms with van der Waals surface area (Å²) in [5, 5.41) is 2.88. The highest BCUT2D eigenvalue weighted by Gasteiger charge is 2.20. The van der Waals surface area contributed by atoms with Gasteiger partial charge in [-0.25, -0.2) is 0 Å². The Morgan fingerprint density at radius 1 is 1.00 bits per heavy atom. The first-order chi connectivity index (χ1) is 14.2. The van der Waals surface area contributed by atoms with Crippen LogP contribution >= 0.6 is 11.8 Å². The summed E-state index contributed by atoms with van der Waals surface area (Å²) >= 11 is 1.40. The Balaban J connectivity index is 1.62. The number of hydrogen-bond acceptors (Lipinski definition) is 4. The van der Waals surface area contributed by atoms with E-state index >= 15 is 0 Å². The van der Waals surface area contributed by atoms with Crippen LogP contribution in [0.4, 0.5) is 5.69 Å². The van der Waals surface area contributed by atoms with E-state index in [0.29, 0.717) is 17.0 Å². The Kier molecular flexibility index (Phi) is 7.99. The van der Waals surface area contributed by atoms with Crippen molar-refractivity contribution in [3.63, 3.8) is 0 Å². The van der Waals surface area contributed by atoms with Gasteiger partial charge in [-0.3, -0.25) is 9.59 Å². The number of carbonyl (C=O) groups is 2. The second-order valence-corrected chi connectivity index (χ2v) is 8.14. The highest BCUT2D eigenvalue weighted by molar-refractivity contribution is 8.00. The first kappa shape index (κ1) is 21.2. The van der Waals surface area contributed by atoms with Crippen LogP contribution in [0, 0.1) is 0 Å². The molecule has 0 aliphatic carbocycles. The second-order valence-electron chi connectivity index (χ2n) is 7.12. The van der Waals surface area contributed by atoms with Gasteiger partial charge in [-0.05, 0) is 37.1 Å². The van der Waals surface area contributed by atoms with Crippen LogP contribution in [-0.2, 0) is 4.79 Å². The zero-order chi connectivity index (χ0) is 20.5. The molecule has 1 fully saturated rings. The molecule has 1 aliphatic rings. The molecule has 1 aliphatic heterocycles. The molecule has 1 N–H and O–H groups in total. The number of ether oxygens (including phenoxy) is 1. The van der Waals surface area contributed by atoms with Crippen molar-refractivity contribution in [3.8, 4) is 5.75 Å². The smallest absolute Gasteiger partial charge is 0.254 e. The van der Waals surface area contributed by atoms with Crippen molar-refractivity contribution in [3.05, 3.63) is 54.1 Å². The summed E-state index contributed by atoms with van der Waals surface area (Å²) in [4.78, 5) is 28.3. The van der Waals surface area contributed by atoms with Crippen molar-refractivity contribution in [2.75, 3.05) is 31.3 Å². The number of amides is 2. The molecule has 1 saturated heterocycles. The Bertz CT molecular complexity index is 832. The Labute approximate surface area is 176 Å². The van der Waals surface area contributed by atoms with Crippen LogP contribution in [0.1, 0.15) is 42.5 Å². The molecule has 0 saturated carbocycles. The molecule has 0 unspecified atom stereocenters. The number of nitrogens with one attached hydrogen (secondary N) is 1. The summed E-state index contributed by atoms with van der Waals surface area (Å²) < 4.78 is 5.18. The minimum atomic E-state index is -0.114. The lowest BCUT2D eigenvalue weighted by molar-refractivity contribution is -0.113. The summed E-state index contributed by atoms with van der Waals surface area (Å²) in [5.74, 6) is 0.890. The van der Waals surface area contributed by atoms with E-state index in [4.69, 9.17) is 4.74 Å². The van der Waals surface area contributed by atoms with Gasteiger partial charge in [-0.2, -0.15) is 0 Å². The SMILES string of the molecule is COc1cccc(NC(=O)CSc2ccccc2C(=O)N2CCCCCCC2)c1. The van der Waals surface area contributed by atoms with Gasteiger partial charge in [0.25, 0.3) is 5.91 Å². The minimum Gasteiger partial charge on any atom is -0.497 e. The van der Waals surface area contributed by atoms with Crippen LogP contribution in [0.5, 0.6) is 5.75 Å². The number of methoxy groups -OCH3 is 1. The first-order valence-corrected chi connectivity index (χ1v) is 11.1. The van der Waals surface area contributed by atoms with Crippen molar-refractivity contribution < 1.29 is 14.3 Å². The molecule has 0 radical (unpaired) electrons. The molecule has 29 heavy (non-hydrogen) atoms. The number of thioether (sulfide) groups is 1. The third-order valence-electron chi connectivity index (χ3n) is 4.97. The minimum absolute atomic E-state index is 0.0724. The molecule has 2 aromatic carbocycles. The monoisotopic (exact) mass is 412 g/mol. The number of nitrogens with zero attached hydrogens (tertiary/aromatic N) is 1. The lowest BCUT2D eigenvalue weighted by Crippen LogP contribution is -2.34. The van der Waals surface area contributed by atoms with Gasteiger partial charge in [0.05, 0.1) is 18.4 Å². The Morgan fingerprint density at radius 2 is 1.72 bits per heavy atom. The van der Waals surface area contributed by atoms with Crippen LogP contribution in [0.15, 0.2) is 53.4 Å². The highest BCUT2D eigenvalue weighted by Crippen LogP contribution is 2.25. The van der Waals surface area contributed by atoms with Gasteiger partial charge in [-0.1, -0.05) is 37.5 Å². The van der Waals surface area contributed by atoms with Crippen molar-refractivity contribution >= 4 is 29.3 Å². The number of rotatable bonds is 6. The van der Waals surface area contributed by atoms with Gasteiger partial charge in [0.2, 0.25) is 5.91 Å². The molecule has 2 aromatic rings. The summed E-state index contributed by atoms with van der Waals surface area (Å²) in [6, 6.07) is 14.8. The Hall–Kier alpha value is -2.47. The first-order valence-electron chi connectivity index (χ1n) is 10.1. The zero-order valence-corrected chi connectivity index (χ0v) is 17.7. The quantitative estimate of drug-likeness (QED) is 0.690. The van der Waals surface area contributed by atoms with Crippen LogP contribution in [0.25, 0.3) is 0 Å². The normalized spacial score (nSPS) is 14.6. The third kappa shape index (κ3) is 6.26. The molecular weight excluding hydrogens is 384 g/mol. The van der Waals surface area contributed by atoms with Crippen LogP contribution in [-0.4, -0.2) is 42.7 Å². The van der Waals surface area contributed by atoms with Gasteiger partial charge >= 0.3 is 0 Å². The van der Waals surface area contributed by atoms with Gasteiger partial charge in [0, 0.05) is 29.7 Å². The summed E-state index contributed by atoms with van der Waals surface area (Å²) in [6.07, 6.45) is 5.75. The van der Waals surface area contributed by atoms with Crippen LogP contribution in [0.3, 0.4) is 0 Å². The molecule has 1 heterocycles. The van der Waals surface area contributed by atoms with E-state index in [0.717, 1.165) is 30.8 Å². The second kappa shape index (κ2) is 10.9. The van der Waals surface area contributed by atoms with E-state index in [1.165, 1.54) is 31.0 Å². The molecule has 3 rings (SSSR count). The largest absolute Gasteiger partial charge is 0.497 e. The highest BCUT2D eigenvalue weighted by atomic mass is 32.2. The topological polar surface area (TPSA) is 58.6 Å². The molecule has 5 nitrogen and oxygen atoms in total. The van der Waals surface area contributed by atoms with Crippen molar-refractivity contribution in [1.82, 2.24) is 4.90 Å². The summed E-state index contributed by atoms with van der Waals surface area (Å²) in [6.45, 7) is 1.63. The lowest BCUT2D eigenvalue weighted by atomic mass is 10.1. The number of hydrogen-bond donors (Lipinski definition) is 1. The Morgan fingerprint density at radius 3 is 2.48 bits per heavy atom. The number of benzene rings is 2. The zero-order valence-electron chi connectivity index (χ0n) is 16.9. The fourth-order valence-corrected chi connectivity index (χ4v) is 4.28. The average molecular weight is 413 g/mol. The van der Waals surface area contributed by atoms with E-state index in [1.54, 1.807) is 13.2 Å². The maximum atomic E-state index is 13.1. The standard InChI is InChI=1S/C23H28N2O3S/c1-28-19-11-9-10-18(16-19)24-22(26)17-29-21-13-6-5-12-20(21)23(27)25-14-7-3-2-4-8-15-25/h5-6,9-13,16H,2-4,7-8,14-15,17H2,1H3,(H,24,26). The van der Waals surface area contributed by atoms with Gasteiger partial charge in [-0.15, -0.1) is 11.8 Å². The van der Waals surface area contributed by atoms with E-state index < -0.39 is 0 Å². The van der Waals surface area contributed by atoms with Gasteiger partial charge in [0.1, 0.15) is 5.75 Å². The number of carbonyl (C=O) groups excluding carboxylic acids is 2. The predicted molar refractivity (Wildman–Crippen MR) is 118 cm³/mol. The maximum absolute atomic E-state index is 13.1. The van der Waals surface area contributed by atoms with Gasteiger partial charge < -0.3 is 15.0 Å². The molecule has 6 heteroatoms. The van der Waals surface area contributed by atoms with Crippen molar-refractivity contribution in [2.24, 2.45) is 0 Å². The van der Waals surface area contributed by atoms with E-state index in [1.807, 2.05) is 47.4 Å². The van der Waals surface area contributed by atoms with Crippen LogP contribution in [0.2, 0.25) is 0 Å². The fraction of sp³-hybridized carbons (Fsp3) is 0.391. The summed E-state index contributed by atoms with van der Waals surface area (Å²) in [7, 11) is 1.59. The average Bonchev–Trinajstić information content (AvgIpc) is 2.72. The molecule has 154 valence electrons. The molecule has 0 spiro atoms. The molecule has 0 bridgehead atoms. The third-order valence-corrected chi connectivity index (χ3v) is 6.05. The molecule has 2 amide bonds. The predicted octanol–water partition coefficient (Wildman–Crippen LogP) is 4.83. The number of likely N-dealkylation sites (tertiary alicyclic amines) is 1. The molecular formula is C23H28N2O3S. The van der Waals surface area contributed by atoms with Gasteiger partial charge in [0.15, 0.2) is 0 Å². The van der Waals surface area contributed by atoms with Crippen molar-refractivity contribution in [2.45, 2.75) is 37.0 Å². The fourth-order valence-electron chi connectivity index (χ4n) is 3.43. The molecule has 0 aromatic heterocycles.